The zero-order valence-electron chi connectivity index (χ0n) is 10.9. The molecular formula is C14H17BO4. The molecule has 0 heterocycles. The summed E-state index contributed by atoms with van der Waals surface area (Å²) < 4.78 is 10.8. The minimum absolute atomic E-state index is 0.484. The highest BCUT2D eigenvalue weighted by molar-refractivity contribution is 6.58. The number of hydrogen-bond donors (Lipinski definition) is 2. The smallest absolute Gasteiger partial charge is 0.488 e. The van der Waals surface area contributed by atoms with Gasteiger partial charge in [0.15, 0.2) is 0 Å². The number of fused-ring (bicyclic) bond motifs is 1. The number of benzene rings is 2. The molecule has 0 aliphatic carbocycles. The summed E-state index contributed by atoms with van der Waals surface area (Å²) in [4.78, 5) is 0. The van der Waals surface area contributed by atoms with Gasteiger partial charge in [-0.15, -0.1) is 0 Å². The Kier molecular flexibility index (Phi) is 4.79. The highest BCUT2D eigenvalue weighted by Crippen LogP contribution is 2.20. The monoisotopic (exact) mass is 260 g/mol. The number of ether oxygens (including phenoxy) is 2. The summed E-state index contributed by atoms with van der Waals surface area (Å²) in [5, 5.41) is 20.2. The largest absolute Gasteiger partial charge is 0.491 e. The number of hydrogen-bond acceptors (Lipinski definition) is 4. The maximum Gasteiger partial charge on any atom is 0.488 e. The molecule has 0 amide bonds. The van der Waals surface area contributed by atoms with Crippen molar-refractivity contribution in [3.63, 3.8) is 0 Å². The summed E-state index contributed by atoms with van der Waals surface area (Å²) in [6.07, 6.45) is 0. The van der Waals surface area contributed by atoms with Crippen molar-refractivity contribution >= 4 is 23.4 Å². The standard InChI is InChI=1S/C14H17BO4/c1-2-18-7-8-19-14-6-4-11-9-13(15(16)17)5-3-12(11)10-14/h3-6,9-10,16-17H,2,7-8H2,1H3. The SMILES string of the molecule is CCOCCOc1ccc2cc(B(O)O)ccc2c1. The molecule has 19 heavy (non-hydrogen) atoms. The Hall–Kier alpha value is -1.56. The molecule has 0 spiro atoms. The zero-order chi connectivity index (χ0) is 13.7. The van der Waals surface area contributed by atoms with Crippen LogP contribution in [-0.4, -0.2) is 37.0 Å². The molecule has 0 aliphatic heterocycles. The zero-order valence-corrected chi connectivity index (χ0v) is 10.9. The third kappa shape index (κ3) is 3.70. The van der Waals surface area contributed by atoms with Gasteiger partial charge >= 0.3 is 7.12 Å². The van der Waals surface area contributed by atoms with Gasteiger partial charge in [-0.05, 0) is 35.3 Å². The molecule has 0 saturated heterocycles. The van der Waals surface area contributed by atoms with Gasteiger partial charge in [0.2, 0.25) is 0 Å². The number of rotatable bonds is 6. The molecule has 0 fully saturated rings. The van der Waals surface area contributed by atoms with Crippen LogP contribution in [0.4, 0.5) is 0 Å². The van der Waals surface area contributed by atoms with Crippen LogP contribution in [0.2, 0.25) is 0 Å². The minimum atomic E-state index is -1.44. The maximum atomic E-state index is 9.12. The molecule has 100 valence electrons. The molecule has 0 radical (unpaired) electrons. The average molecular weight is 260 g/mol. The molecule has 2 aromatic carbocycles. The van der Waals surface area contributed by atoms with Gasteiger partial charge < -0.3 is 19.5 Å². The van der Waals surface area contributed by atoms with Gasteiger partial charge in [-0.3, -0.25) is 0 Å². The van der Waals surface area contributed by atoms with Crippen LogP contribution < -0.4 is 10.2 Å². The highest BCUT2D eigenvalue weighted by Gasteiger charge is 2.10. The van der Waals surface area contributed by atoms with E-state index >= 15 is 0 Å². The van der Waals surface area contributed by atoms with Crippen molar-refractivity contribution in [2.45, 2.75) is 6.92 Å². The quantitative estimate of drug-likeness (QED) is 0.599. The summed E-state index contributed by atoms with van der Waals surface area (Å²) in [5.41, 5.74) is 0.484. The van der Waals surface area contributed by atoms with Crippen LogP contribution in [0.3, 0.4) is 0 Å². The van der Waals surface area contributed by atoms with Crippen molar-refractivity contribution in [1.29, 1.82) is 0 Å². The van der Waals surface area contributed by atoms with Crippen molar-refractivity contribution in [1.82, 2.24) is 0 Å². The van der Waals surface area contributed by atoms with Gasteiger partial charge in [0.25, 0.3) is 0 Å². The Morgan fingerprint density at radius 1 is 1.00 bits per heavy atom. The fourth-order valence-electron chi connectivity index (χ4n) is 1.86. The van der Waals surface area contributed by atoms with Crippen LogP contribution >= 0.6 is 0 Å². The van der Waals surface area contributed by atoms with Gasteiger partial charge in [0.1, 0.15) is 12.4 Å². The van der Waals surface area contributed by atoms with E-state index in [2.05, 4.69) is 0 Å². The summed E-state index contributed by atoms with van der Waals surface area (Å²) in [6.45, 7) is 3.73. The fourth-order valence-corrected chi connectivity index (χ4v) is 1.86. The van der Waals surface area contributed by atoms with Crippen LogP contribution in [0.5, 0.6) is 5.75 Å². The first-order valence-corrected chi connectivity index (χ1v) is 6.31. The molecule has 0 bridgehead atoms. The van der Waals surface area contributed by atoms with Gasteiger partial charge in [-0.1, -0.05) is 24.3 Å². The van der Waals surface area contributed by atoms with Crippen molar-refractivity contribution in [3.05, 3.63) is 36.4 Å². The van der Waals surface area contributed by atoms with E-state index in [9.17, 15) is 0 Å². The predicted molar refractivity (Wildman–Crippen MR) is 75.8 cm³/mol. The van der Waals surface area contributed by atoms with Crippen molar-refractivity contribution in [2.75, 3.05) is 19.8 Å². The van der Waals surface area contributed by atoms with E-state index < -0.39 is 7.12 Å². The molecule has 5 heteroatoms. The van der Waals surface area contributed by atoms with E-state index in [4.69, 9.17) is 19.5 Å². The summed E-state index contributed by atoms with van der Waals surface area (Å²) in [5.74, 6) is 0.782. The molecule has 2 rings (SSSR count). The molecule has 0 aromatic heterocycles. The van der Waals surface area contributed by atoms with Crippen molar-refractivity contribution in [2.24, 2.45) is 0 Å². The van der Waals surface area contributed by atoms with E-state index in [1.165, 1.54) is 0 Å². The normalized spacial score (nSPS) is 10.7. The topological polar surface area (TPSA) is 58.9 Å². The van der Waals surface area contributed by atoms with E-state index in [-0.39, 0.29) is 0 Å². The van der Waals surface area contributed by atoms with E-state index in [0.29, 0.717) is 25.3 Å². The molecule has 0 aliphatic rings. The van der Waals surface area contributed by atoms with Gasteiger partial charge in [0, 0.05) is 6.61 Å². The molecule has 2 aromatic rings. The first kappa shape index (κ1) is 13.9. The second kappa shape index (κ2) is 6.56. The lowest BCUT2D eigenvalue weighted by atomic mass is 9.79. The van der Waals surface area contributed by atoms with Crippen LogP contribution in [-0.2, 0) is 4.74 Å². The van der Waals surface area contributed by atoms with Crippen LogP contribution in [0, 0.1) is 0 Å². The Labute approximate surface area is 112 Å². The molecule has 0 atom stereocenters. The third-order valence-electron chi connectivity index (χ3n) is 2.83. The molecular weight excluding hydrogens is 243 g/mol. The molecule has 0 saturated carbocycles. The van der Waals surface area contributed by atoms with Gasteiger partial charge in [0.05, 0.1) is 6.61 Å². The molecule has 4 nitrogen and oxygen atoms in total. The summed E-state index contributed by atoms with van der Waals surface area (Å²) in [7, 11) is -1.44. The van der Waals surface area contributed by atoms with Crippen LogP contribution in [0.25, 0.3) is 10.8 Å². The predicted octanol–water partition coefficient (Wildman–Crippen LogP) is 0.935. The Morgan fingerprint density at radius 3 is 2.47 bits per heavy atom. The van der Waals surface area contributed by atoms with E-state index in [0.717, 1.165) is 16.5 Å². The third-order valence-corrected chi connectivity index (χ3v) is 2.83. The van der Waals surface area contributed by atoms with Crippen LogP contribution in [0.15, 0.2) is 36.4 Å². The van der Waals surface area contributed by atoms with Crippen LogP contribution in [0.1, 0.15) is 6.92 Å². The highest BCUT2D eigenvalue weighted by atomic mass is 16.5. The van der Waals surface area contributed by atoms with Gasteiger partial charge in [-0.2, -0.15) is 0 Å². The molecule has 2 N–H and O–H groups in total. The van der Waals surface area contributed by atoms with Crippen molar-refractivity contribution in [3.8, 4) is 5.75 Å². The lowest BCUT2D eigenvalue weighted by molar-refractivity contribution is 0.110. The Morgan fingerprint density at radius 2 is 1.74 bits per heavy atom. The Bertz CT molecular complexity index is 542. The Balaban J connectivity index is 2.10. The van der Waals surface area contributed by atoms with E-state index in [1.807, 2.05) is 31.2 Å². The second-order valence-corrected chi connectivity index (χ2v) is 4.19. The van der Waals surface area contributed by atoms with Gasteiger partial charge in [-0.25, -0.2) is 0 Å². The second-order valence-electron chi connectivity index (χ2n) is 4.19. The summed E-state index contributed by atoms with van der Waals surface area (Å²) in [6, 6.07) is 11.0. The van der Waals surface area contributed by atoms with E-state index in [1.54, 1.807) is 12.1 Å². The van der Waals surface area contributed by atoms with Crippen molar-refractivity contribution < 1.29 is 19.5 Å². The molecule has 0 unspecified atom stereocenters. The average Bonchev–Trinajstić information content (AvgIpc) is 2.43. The summed E-state index contributed by atoms with van der Waals surface area (Å²) >= 11 is 0. The lowest BCUT2D eigenvalue weighted by Crippen LogP contribution is -2.29. The minimum Gasteiger partial charge on any atom is -0.491 e. The first-order chi connectivity index (χ1) is 9.20. The fraction of sp³-hybridized carbons (Fsp3) is 0.286. The first-order valence-electron chi connectivity index (χ1n) is 6.31. The lowest BCUT2D eigenvalue weighted by Gasteiger charge is -2.08. The maximum absolute atomic E-state index is 9.12.